The van der Waals surface area contributed by atoms with Gasteiger partial charge in [0, 0.05) is 12.3 Å². The van der Waals surface area contributed by atoms with Gasteiger partial charge in [0.1, 0.15) is 5.78 Å². The predicted octanol–water partition coefficient (Wildman–Crippen LogP) is 2.96. The smallest absolute Gasteiger partial charge is 0.137 e. The zero-order chi connectivity index (χ0) is 9.42. The third-order valence-electron chi connectivity index (χ3n) is 3.79. The van der Waals surface area contributed by atoms with Crippen LogP contribution in [0.3, 0.4) is 0 Å². The van der Waals surface area contributed by atoms with Gasteiger partial charge in [0.2, 0.25) is 0 Å². The number of allylic oxidation sites excluding steroid dienone is 2. The molecule has 0 bridgehead atoms. The summed E-state index contributed by atoms with van der Waals surface area (Å²) in [5.41, 5.74) is 1.47. The Labute approximate surface area is 80.2 Å². The van der Waals surface area contributed by atoms with Gasteiger partial charge in [-0.05, 0) is 38.0 Å². The average molecular weight is 178 g/mol. The van der Waals surface area contributed by atoms with Crippen LogP contribution in [-0.4, -0.2) is 5.78 Å². The second-order valence-electron chi connectivity index (χ2n) is 4.64. The van der Waals surface area contributed by atoms with Crippen molar-refractivity contribution >= 4 is 5.78 Å². The fourth-order valence-corrected chi connectivity index (χ4v) is 3.01. The first kappa shape index (κ1) is 8.98. The number of carbonyl (C=O) groups is 1. The molecular weight excluding hydrogens is 160 g/mol. The molecule has 0 saturated heterocycles. The highest BCUT2D eigenvalue weighted by Crippen LogP contribution is 2.43. The van der Waals surface area contributed by atoms with E-state index in [2.05, 4.69) is 19.9 Å². The maximum absolute atomic E-state index is 11.8. The summed E-state index contributed by atoms with van der Waals surface area (Å²) in [6, 6.07) is 0. The van der Waals surface area contributed by atoms with Crippen molar-refractivity contribution in [1.29, 1.82) is 0 Å². The maximum atomic E-state index is 11.8. The second kappa shape index (κ2) is 3.28. The summed E-state index contributed by atoms with van der Waals surface area (Å²) < 4.78 is 0. The molecule has 0 aromatic rings. The molecule has 0 spiro atoms. The van der Waals surface area contributed by atoms with E-state index in [0.717, 1.165) is 12.8 Å². The highest BCUT2D eigenvalue weighted by molar-refractivity contribution is 5.83. The van der Waals surface area contributed by atoms with Crippen LogP contribution < -0.4 is 0 Å². The van der Waals surface area contributed by atoms with Gasteiger partial charge >= 0.3 is 0 Å². The van der Waals surface area contributed by atoms with Gasteiger partial charge in [-0.3, -0.25) is 4.79 Å². The van der Waals surface area contributed by atoms with Gasteiger partial charge in [0.05, 0.1) is 0 Å². The number of hydrogen-bond acceptors (Lipinski definition) is 1. The lowest BCUT2D eigenvalue weighted by Gasteiger charge is -2.19. The van der Waals surface area contributed by atoms with Crippen molar-refractivity contribution in [2.45, 2.75) is 39.5 Å². The van der Waals surface area contributed by atoms with E-state index in [4.69, 9.17) is 0 Å². The van der Waals surface area contributed by atoms with E-state index in [-0.39, 0.29) is 0 Å². The van der Waals surface area contributed by atoms with E-state index in [0.29, 0.717) is 23.5 Å². The van der Waals surface area contributed by atoms with Gasteiger partial charge in [-0.2, -0.15) is 0 Å². The van der Waals surface area contributed by atoms with E-state index < -0.39 is 0 Å². The van der Waals surface area contributed by atoms with E-state index in [1.54, 1.807) is 0 Å². The Balaban J connectivity index is 2.28. The first-order valence-corrected chi connectivity index (χ1v) is 5.39. The first-order chi connectivity index (χ1) is 6.20. The lowest BCUT2D eigenvalue weighted by Crippen LogP contribution is -2.22. The summed E-state index contributed by atoms with van der Waals surface area (Å²) in [6.45, 7) is 4.44. The summed E-state index contributed by atoms with van der Waals surface area (Å²) in [6.07, 6.45) is 6.51. The predicted molar refractivity (Wildman–Crippen MR) is 53.4 cm³/mol. The molecule has 13 heavy (non-hydrogen) atoms. The summed E-state index contributed by atoms with van der Waals surface area (Å²) in [5, 5.41) is 0. The van der Waals surface area contributed by atoms with Crippen LogP contribution in [0.2, 0.25) is 0 Å². The standard InChI is InChI=1S/C12H18O/c1-8-4-3-5-11(13)12-9(2)6-7-10(8)12/h4,9-10,12H,3,5-7H2,1-2H3/t9-,10+,12-/m1/s1. The minimum Gasteiger partial charge on any atom is -0.299 e. The molecule has 1 saturated carbocycles. The molecule has 1 fully saturated rings. The average Bonchev–Trinajstić information content (AvgIpc) is 2.40. The zero-order valence-electron chi connectivity index (χ0n) is 8.55. The van der Waals surface area contributed by atoms with Gasteiger partial charge in [-0.25, -0.2) is 0 Å². The van der Waals surface area contributed by atoms with Crippen molar-refractivity contribution in [3.05, 3.63) is 11.6 Å². The van der Waals surface area contributed by atoms with Crippen LogP contribution in [0.25, 0.3) is 0 Å². The molecule has 0 aromatic carbocycles. The second-order valence-corrected chi connectivity index (χ2v) is 4.64. The Morgan fingerprint density at radius 3 is 2.92 bits per heavy atom. The van der Waals surface area contributed by atoms with E-state index >= 15 is 0 Å². The lowest BCUT2D eigenvalue weighted by molar-refractivity contribution is -0.124. The minimum absolute atomic E-state index is 0.360. The van der Waals surface area contributed by atoms with Crippen LogP contribution in [0.15, 0.2) is 11.6 Å². The fourth-order valence-electron chi connectivity index (χ4n) is 3.01. The summed E-state index contributed by atoms with van der Waals surface area (Å²) >= 11 is 0. The molecule has 0 amide bonds. The van der Waals surface area contributed by atoms with Gasteiger partial charge in [0.25, 0.3) is 0 Å². The van der Waals surface area contributed by atoms with Crippen molar-refractivity contribution in [3.63, 3.8) is 0 Å². The Kier molecular flexibility index (Phi) is 2.27. The van der Waals surface area contributed by atoms with Crippen molar-refractivity contribution in [1.82, 2.24) is 0 Å². The zero-order valence-corrected chi connectivity index (χ0v) is 8.55. The Hall–Kier alpha value is -0.590. The van der Waals surface area contributed by atoms with Crippen LogP contribution in [0, 0.1) is 17.8 Å². The van der Waals surface area contributed by atoms with Crippen molar-refractivity contribution in [2.24, 2.45) is 17.8 Å². The Bertz CT molecular complexity index is 252. The molecule has 2 aliphatic rings. The highest BCUT2D eigenvalue weighted by atomic mass is 16.1. The molecular formula is C12H18O. The highest BCUT2D eigenvalue weighted by Gasteiger charge is 2.39. The van der Waals surface area contributed by atoms with Gasteiger partial charge < -0.3 is 0 Å². The van der Waals surface area contributed by atoms with Gasteiger partial charge in [0.15, 0.2) is 0 Å². The van der Waals surface area contributed by atoms with Gasteiger partial charge in [-0.1, -0.05) is 18.6 Å². The molecule has 2 rings (SSSR count). The van der Waals surface area contributed by atoms with Crippen LogP contribution in [0.5, 0.6) is 0 Å². The topological polar surface area (TPSA) is 17.1 Å². The molecule has 0 unspecified atom stereocenters. The van der Waals surface area contributed by atoms with Crippen molar-refractivity contribution in [3.8, 4) is 0 Å². The first-order valence-electron chi connectivity index (χ1n) is 5.39. The Morgan fingerprint density at radius 1 is 1.38 bits per heavy atom. The largest absolute Gasteiger partial charge is 0.299 e. The van der Waals surface area contributed by atoms with E-state index in [9.17, 15) is 4.79 Å². The van der Waals surface area contributed by atoms with Crippen molar-refractivity contribution < 1.29 is 4.79 Å². The van der Waals surface area contributed by atoms with Crippen LogP contribution in [0.4, 0.5) is 0 Å². The quantitative estimate of drug-likeness (QED) is 0.521. The summed E-state index contributed by atoms with van der Waals surface area (Å²) in [4.78, 5) is 11.8. The van der Waals surface area contributed by atoms with Crippen molar-refractivity contribution in [2.75, 3.05) is 0 Å². The molecule has 0 heterocycles. The number of carbonyl (C=O) groups excluding carboxylic acids is 1. The molecule has 0 N–H and O–H groups in total. The number of rotatable bonds is 0. The molecule has 2 aliphatic carbocycles. The van der Waals surface area contributed by atoms with Crippen LogP contribution >= 0.6 is 0 Å². The number of fused-ring (bicyclic) bond motifs is 1. The maximum Gasteiger partial charge on any atom is 0.137 e. The normalized spacial score (nSPS) is 39.7. The third kappa shape index (κ3) is 1.45. The molecule has 0 radical (unpaired) electrons. The summed E-state index contributed by atoms with van der Waals surface area (Å²) in [7, 11) is 0. The lowest BCUT2D eigenvalue weighted by atomic mass is 9.83. The molecule has 0 aromatic heterocycles. The van der Waals surface area contributed by atoms with E-state index in [1.807, 2.05) is 0 Å². The number of ketones is 1. The van der Waals surface area contributed by atoms with E-state index in [1.165, 1.54) is 18.4 Å². The SMILES string of the molecule is CC1=CCCC(=O)[C@@H]2[C@H](C)CC[C@@H]12. The number of Topliss-reactive ketones (excluding diaryl/α,β-unsaturated/α-hetero) is 1. The minimum atomic E-state index is 0.360. The monoisotopic (exact) mass is 178 g/mol. The molecule has 0 aliphatic heterocycles. The van der Waals surface area contributed by atoms with Crippen LogP contribution in [-0.2, 0) is 4.79 Å². The fraction of sp³-hybridized carbons (Fsp3) is 0.750. The number of hydrogen-bond donors (Lipinski definition) is 0. The summed E-state index contributed by atoms with van der Waals surface area (Å²) in [5.74, 6) is 2.09. The molecule has 1 nitrogen and oxygen atoms in total. The molecule has 3 atom stereocenters. The van der Waals surface area contributed by atoms with Gasteiger partial charge in [-0.15, -0.1) is 0 Å². The molecule has 72 valence electrons. The Morgan fingerprint density at radius 2 is 2.15 bits per heavy atom. The molecule has 1 heteroatoms. The third-order valence-corrected chi connectivity index (χ3v) is 3.79. The van der Waals surface area contributed by atoms with Crippen LogP contribution in [0.1, 0.15) is 39.5 Å².